The molecule has 2 heteroatoms. The Balaban J connectivity index is 2.73. The van der Waals surface area contributed by atoms with Crippen molar-refractivity contribution in [3.8, 4) is 0 Å². The molecule has 0 heterocycles. The lowest BCUT2D eigenvalue weighted by molar-refractivity contribution is 0.788. The minimum Gasteiger partial charge on any atom is -0.103 e. The van der Waals surface area contributed by atoms with E-state index >= 15 is 0 Å². The van der Waals surface area contributed by atoms with E-state index in [4.69, 9.17) is 12.2 Å². The summed E-state index contributed by atoms with van der Waals surface area (Å²) in [5.41, 5.74) is 2.16. The fourth-order valence-corrected chi connectivity index (χ4v) is 3.16. The summed E-state index contributed by atoms with van der Waals surface area (Å²) in [7, 11) is 0. The topological polar surface area (TPSA) is 0 Å². The number of thiocarbonyl (C=S) groups is 1. The van der Waals surface area contributed by atoms with Crippen LogP contribution in [0.15, 0.2) is 66.8 Å². The first-order chi connectivity index (χ1) is 8.97. The average Bonchev–Trinajstić information content (AvgIpc) is 2.39. The second-order valence-corrected chi connectivity index (χ2v) is 6.98. The van der Waals surface area contributed by atoms with Crippen LogP contribution in [0.25, 0.3) is 0 Å². The maximum Gasteiger partial charge on any atom is 0.0780 e. The summed E-state index contributed by atoms with van der Waals surface area (Å²) in [4.78, 5) is 0. The molecule has 0 amide bonds. The molecular weight excluding hydrogens is 268 g/mol. The highest BCUT2D eigenvalue weighted by atomic mass is 32.2. The van der Waals surface area contributed by atoms with Crippen molar-refractivity contribution in [3.05, 3.63) is 72.4 Å². The Bertz CT molecular complexity index is 493. The lowest BCUT2D eigenvalue weighted by Crippen LogP contribution is -2.14. The first-order valence-corrected chi connectivity index (χ1v) is 7.47. The molecule has 0 aliphatic rings. The van der Waals surface area contributed by atoms with Crippen molar-refractivity contribution >= 4 is 28.2 Å². The summed E-state index contributed by atoms with van der Waals surface area (Å²) in [5.74, 6) is 0. The van der Waals surface area contributed by atoms with Crippen molar-refractivity contribution < 1.29 is 0 Å². The third-order valence-electron chi connectivity index (χ3n) is 2.68. The van der Waals surface area contributed by atoms with Gasteiger partial charge in [-0.3, -0.25) is 0 Å². The maximum absolute atomic E-state index is 5.46. The number of allylic oxidation sites excluding steroid dienone is 4. The summed E-state index contributed by atoms with van der Waals surface area (Å²) in [5, 5.41) is 0. The summed E-state index contributed by atoms with van der Waals surface area (Å²) in [6.45, 7) is 10.4. The highest BCUT2D eigenvalue weighted by Crippen LogP contribution is 2.37. The van der Waals surface area contributed by atoms with Crippen molar-refractivity contribution in [2.45, 2.75) is 25.5 Å². The van der Waals surface area contributed by atoms with Gasteiger partial charge in [-0.1, -0.05) is 73.4 Å². The van der Waals surface area contributed by atoms with Crippen molar-refractivity contribution in [3.63, 3.8) is 0 Å². The molecule has 0 bridgehead atoms. The van der Waals surface area contributed by atoms with E-state index in [2.05, 4.69) is 44.7 Å². The number of hydrogen-bond acceptors (Lipinski definition) is 2. The molecule has 1 aromatic rings. The number of rotatable bonds is 5. The van der Waals surface area contributed by atoms with E-state index in [0.717, 1.165) is 9.77 Å². The molecule has 0 nitrogen and oxygen atoms in total. The second kappa shape index (κ2) is 7.46. The Labute approximate surface area is 126 Å². The Morgan fingerprint density at radius 1 is 1.21 bits per heavy atom. The molecule has 0 atom stereocenters. The SMILES string of the molecule is C=C(/C=C\C=C/C)C(=S)SC(C)(C)c1ccccc1. The standard InChI is InChI=1S/C17H20S2/c1-5-6-8-11-14(2)16(18)19-17(3,4)15-12-9-7-10-13-15/h5-13H,2H2,1,3-4H3/b6-5-,11-8-. The molecule has 0 saturated carbocycles. The fraction of sp³-hybridized carbons (Fsp3) is 0.235. The van der Waals surface area contributed by atoms with Crippen LogP contribution < -0.4 is 0 Å². The molecule has 0 N–H and O–H groups in total. The van der Waals surface area contributed by atoms with Crippen LogP contribution >= 0.6 is 24.0 Å². The first kappa shape index (κ1) is 15.9. The van der Waals surface area contributed by atoms with E-state index < -0.39 is 0 Å². The Hall–Kier alpha value is -1.12. The molecule has 0 fully saturated rings. The van der Waals surface area contributed by atoms with Crippen molar-refractivity contribution in [2.75, 3.05) is 0 Å². The highest BCUT2D eigenvalue weighted by Gasteiger charge is 2.23. The van der Waals surface area contributed by atoms with Gasteiger partial charge < -0.3 is 0 Å². The number of hydrogen-bond donors (Lipinski definition) is 0. The molecule has 0 unspecified atom stereocenters. The van der Waals surface area contributed by atoms with E-state index in [0.29, 0.717) is 0 Å². The zero-order chi connectivity index (χ0) is 14.3. The van der Waals surface area contributed by atoms with Crippen molar-refractivity contribution in [1.82, 2.24) is 0 Å². The Morgan fingerprint density at radius 2 is 1.84 bits per heavy atom. The zero-order valence-corrected chi connectivity index (χ0v) is 13.4. The summed E-state index contributed by atoms with van der Waals surface area (Å²) >= 11 is 7.14. The van der Waals surface area contributed by atoms with E-state index in [-0.39, 0.29) is 4.75 Å². The predicted molar refractivity (Wildman–Crippen MR) is 92.8 cm³/mol. The van der Waals surface area contributed by atoms with E-state index in [1.54, 1.807) is 11.8 Å². The molecule has 1 aromatic carbocycles. The molecule has 1 rings (SSSR count). The van der Waals surface area contributed by atoms with Gasteiger partial charge in [-0.15, -0.1) is 11.8 Å². The first-order valence-electron chi connectivity index (χ1n) is 6.24. The van der Waals surface area contributed by atoms with E-state index in [1.807, 2.05) is 37.3 Å². The van der Waals surface area contributed by atoms with Crippen LogP contribution in [0.3, 0.4) is 0 Å². The predicted octanol–water partition coefficient (Wildman–Crippen LogP) is 5.67. The van der Waals surface area contributed by atoms with Crippen LogP contribution in [0.1, 0.15) is 26.3 Å². The van der Waals surface area contributed by atoms with Gasteiger partial charge in [-0.2, -0.15) is 0 Å². The third kappa shape index (κ3) is 5.17. The van der Waals surface area contributed by atoms with Crippen molar-refractivity contribution in [2.24, 2.45) is 0 Å². The number of benzene rings is 1. The van der Waals surface area contributed by atoms with Gasteiger partial charge in [-0.25, -0.2) is 0 Å². The van der Waals surface area contributed by atoms with Gasteiger partial charge in [0.05, 0.1) is 4.20 Å². The van der Waals surface area contributed by atoms with Gasteiger partial charge in [0.2, 0.25) is 0 Å². The molecule has 0 aliphatic heterocycles. The molecule has 0 aromatic heterocycles. The molecule has 100 valence electrons. The minimum absolute atomic E-state index is 0.0459. The zero-order valence-electron chi connectivity index (χ0n) is 11.7. The van der Waals surface area contributed by atoms with E-state index in [9.17, 15) is 0 Å². The minimum atomic E-state index is -0.0459. The summed E-state index contributed by atoms with van der Waals surface area (Å²) < 4.78 is 0.796. The maximum atomic E-state index is 5.46. The highest BCUT2D eigenvalue weighted by molar-refractivity contribution is 8.24. The molecule has 0 saturated heterocycles. The van der Waals surface area contributed by atoms with Gasteiger partial charge in [0, 0.05) is 4.75 Å². The van der Waals surface area contributed by atoms with Crippen LogP contribution in [0.4, 0.5) is 0 Å². The molecule has 0 aliphatic carbocycles. The summed E-state index contributed by atoms with van der Waals surface area (Å²) in [6.07, 6.45) is 7.87. The van der Waals surface area contributed by atoms with E-state index in [1.165, 1.54) is 5.56 Å². The third-order valence-corrected chi connectivity index (χ3v) is 4.39. The Morgan fingerprint density at radius 3 is 2.42 bits per heavy atom. The van der Waals surface area contributed by atoms with Gasteiger partial charge in [0.25, 0.3) is 0 Å². The molecule has 0 radical (unpaired) electrons. The van der Waals surface area contributed by atoms with Crippen molar-refractivity contribution in [1.29, 1.82) is 0 Å². The quantitative estimate of drug-likeness (QED) is 0.389. The monoisotopic (exact) mass is 288 g/mol. The second-order valence-electron chi connectivity index (χ2n) is 4.68. The fourth-order valence-electron chi connectivity index (χ4n) is 1.55. The van der Waals surface area contributed by atoms with Crippen LogP contribution in [0.5, 0.6) is 0 Å². The summed E-state index contributed by atoms with van der Waals surface area (Å²) in [6, 6.07) is 10.4. The lowest BCUT2D eigenvalue weighted by atomic mass is 10.0. The van der Waals surface area contributed by atoms with Gasteiger partial charge >= 0.3 is 0 Å². The van der Waals surface area contributed by atoms with Crippen LogP contribution in [0.2, 0.25) is 0 Å². The molecule has 19 heavy (non-hydrogen) atoms. The number of thioether (sulfide) groups is 1. The largest absolute Gasteiger partial charge is 0.103 e. The smallest absolute Gasteiger partial charge is 0.0780 e. The Kier molecular flexibility index (Phi) is 6.26. The van der Waals surface area contributed by atoms with Crippen LogP contribution in [-0.2, 0) is 4.75 Å². The van der Waals surface area contributed by atoms with Gasteiger partial charge in [0.15, 0.2) is 0 Å². The van der Waals surface area contributed by atoms with Crippen LogP contribution in [0, 0.1) is 0 Å². The lowest BCUT2D eigenvalue weighted by Gasteiger charge is -2.25. The van der Waals surface area contributed by atoms with Crippen LogP contribution in [-0.4, -0.2) is 4.20 Å². The molecular formula is C17H20S2. The van der Waals surface area contributed by atoms with Gasteiger partial charge in [-0.05, 0) is 31.9 Å². The van der Waals surface area contributed by atoms with Gasteiger partial charge in [0.1, 0.15) is 0 Å². The average molecular weight is 288 g/mol. The normalized spacial score (nSPS) is 12.2. The molecule has 0 spiro atoms.